The molecule has 0 fully saturated rings. The van der Waals surface area contributed by atoms with E-state index in [-0.39, 0.29) is 18.4 Å². The zero-order valence-corrected chi connectivity index (χ0v) is 11.8. The van der Waals surface area contributed by atoms with Gasteiger partial charge in [-0.2, -0.15) is 8.78 Å². The normalized spacial score (nSPS) is 12.8. The second-order valence-corrected chi connectivity index (χ2v) is 4.44. The molecule has 0 amide bonds. The molecule has 1 atom stereocenters. The van der Waals surface area contributed by atoms with Crippen molar-refractivity contribution in [1.82, 2.24) is 0 Å². The average molecular weight is 294 g/mol. The Morgan fingerprint density at radius 2 is 1.89 bits per heavy atom. The van der Waals surface area contributed by atoms with Crippen molar-refractivity contribution in [3.63, 3.8) is 0 Å². The molecule has 0 aliphatic heterocycles. The van der Waals surface area contributed by atoms with E-state index in [1.54, 1.807) is 13.0 Å². The second-order valence-electron chi connectivity index (χ2n) is 4.44. The molecule has 1 aromatic carbocycles. The van der Waals surface area contributed by atoms with Crippen LogP contribution in [-0.4, -0.2) is 12.1 Å². The molecule has 0 spiro atoms. The van der Waals surface area contributed by atoms with Crippen LogP contribution in [0.2, 0.25) is 0 Å². The molecule has 1 aromatic rings. The smallest absolute Gasteiger partial charge is 0.382 e. The SMILES string of the molecule is CC(C)OC(=O)C(F)(F)c1cccc([C@@H](C)N)c1.Cl. The van der Waals surface area contributed by atoms with Gasteiger partial charge < -0.3 is 10.5 Å². The summed E-state index contributed by atoms with van der Waals surface area (Å²) in [7, 11) is 0. The maximum absolute atomic E-state index is 13.8. The number of esters is 1. The molecule has 19 heavy (non-hydrogen) atoms. The third-order valence-corrected chi connectivity index (χ3v) is 2.37. The van der Waals surface area contributed by atoms with E-state index in [4.69, 9.17) is 5.73 Å². The lowest BCUT2D eigenvalue weighted by molar-refractivity contribution is -0.177. The molecule has 0 radical (unpaired) electrons. The maximum Gasteiger partial charge on any atom is 0.382 e. The minimum absolute atomic E-state index is 0. The Morgan fingerprint density at radius 1 is 1.32 bits per heavy atom. The molecule has 0 aliphatic carbocycles. The molecule has 1 rings (SSSR count). The largest absolute Gasteiger partial charge is 0.458 e. The van der Waals surface area contributed by atoms with Gasteiger partial charge in [-0.25, -0.2) is 4.79 Å². The third-order valence-electron chi connectivity index (χ3n) is 2.37. The molecule has 0 bridgehead atoms. The van der Waals surface area contributed by atoms with Crippen LogP contribution < -0.4 is 5.73 Å². The van der Waals surface area contributed by atoms with E-state index in [0.717, 1.165) is 0 Å². The standard InChI is InChI=1S/C13H17F2NO2.ClH/c1-8(2)18-12(17)13(14,15)11-6-4-5-10(7-11)9(3)16;/h4-9H,16H2,1-3H3;1H/t9-;/m1./s1. The first-order chi connectivity index (χ1) is 8.25. The molecule has 0 unspecified atom stereocenters. The average Bonchev–Trinajstić information content (AvgIpc) is 2.28. The number of benzene rings is 1. The van der Waals surface area contributed by atoms with Crippen LogP contribution in [0.3, 0.4) is 0 Å². The number of alkyl halides is 2. The summed E-state index contributed by atoms with van der Waals surface area (Å²) in [5.41, 5.74) is 5.77. The molecule has 0 aromatic heterocycles. The van der Waals surface area contributed by atoms with Gasteiger partial charge in [0.25, 0.3) is 0 Å². The van der Waals surface area contributed by atoms with Crippen LogP contribution in [0.1, 0.15) is 37.9 Å². The van der Waals surface area contributed by atoms with Gasteiger partial charge in [0.15, 0.2) is 0 Å². The highest BCUT2D eigenvalue weighted by atomic mass is 35.5. The van der Waals surface area contributed by atoms with Gasteiger partial charge >= 0.3 is 11.9 Å². The fraction of sp³-hybridized carbons (Fsp3) is 0.462. The predicted molar refractivity (Wildman–Crippen MR) is 71.4 cm³/mol. The minimum atomic E-state index is -3.66. The minimum Gasteiger partial charge on any atom is -0.458 e. The van der Waals surface area contributed by atoms with Gasteiger partial charge in [0.1, 0.15) is 0 Å². The quantitative estimate of drug-likeness (QED) is 0.868. The van der Waals surface area contributed by atoms with Crippen LogP contribution in [0.15, 0.2) is 24.3 Å². The summed E-state index contributed by atoms with van der Waals surface area (Å²) in [6.45, 7) is 4.72. The highest BCUT2D eigenvalue weighted by Gasteiger charge is 2.43. The lowest BCUT2D eigenvalue weighted by Crippen LogP contribution is -2.30. The highest BCUT2D eigenvalue weighted by molar-refractivity contribution is 5.85. The first kappa shape index (κ1) is 17.8. The Morgan fingerprint density at radius 3 is 2.37 bits per heavy atom. The summed E-state index contributed by atoms with van der Waals surface area (Å²) >= 11 is 0. The lowest BCUT2D eigenvalue weighted by atomic mass is 10.0. The number of rotatable bonds is 4. The monoisotopic (exact) mass is 293 g/mol. The van der Waals surface area contributed by atoms with Crippen molar-refractivity contribution in [3.8, 4) is 0 Å². The fourth-order valence-corrected chi connectivity index (χ4v) is 1.42. The van der Waals surface area contributed by atoms with Gasteiger partial charge in [0.2, 0.25) is 0 Å². The van der Waals surface area contributed by atoms with Crippen LogP contribution >= 0.6 is 12.4 Å². The lowest BCUT2D eigenvalue weighted by Gasteiger charge is -2.18. The number of hydrogen-bond acceptors (Lipinski definition) is 3. The zero-order valence-electron chi connectivity index (χ0n) is 11.0. The Hall–Kier alpha value is -1.20. The molecule has 108 valence electrons. The summed E-state index contributed by atoms with van der Waals surface area (Å²) in [5, 5.41) is 0. The summed E-state index contributed by atoms with van der Waals surface area (Å²) in [6, 6.07) is 5.13. The van der Waals surface area contributed by atoms with Gasteiger partial charge in [-0.1, -0.05) is 18.2 Å². The van der Waals surface area contributed by atoms with Crippen LogP contribution in [0.25, 0.3) is 0 Å². The van der Waals surface area contributed by atoms with Crippen molar-refractivity contribution in [1.29, 1.82) is 0 Å². The molecule has 0 aliphatic rings. The summed E-state index contributed by atoms with van der Waals surface area (Å²) in [4.78, 5) is 11.4. The second kappa shape index (κ2) is 6.82. The van der Waals surface area contributed by atoms with E-state index >= 15 is 0 Å². The van der Waals surface area contributed by atoms with E-state index in [1.165, 1.54) is 32.0 Å². The molecular formula is C13H18ClF2NO2. The number of carbonyl (C=O) groups excluding carboxylic acids is 1. The molecular weight excluding hydrogens is 276 g/mol. The van der Waals surface area contributed by atoms with E-state index in [9.17, 15) is 13.6 Å². The van der Waals surface area contributed by atoms with Crippen molar-refractivity contribution < 1.29 is 18.3 Å². The molecule has 0 heterocycles. The molecule has 6 heteroatoms. The van der Waals surface area contributed by atoms with Gasteiger partial charge in [-0.3, -0.25) is 0 Å². The highest BCUT2D eigenvalue weighted by Crippen LogP contribution is 2.31. The van der Waals surface area contributed by atoms with Crippen LogP contribution in [0, 0.1) is 0 Å². The topological polar surface area (TPSA) is 52.3 Å². The van der Waals surface area contributed by atoms with Crippen molar-refractivity contribution in [2.24, 2.45) is 5.73 Å². The fourth-order valence-electron chi connectivity index (χ4n) is 1.42. The first-order valence-electron chi connectivity index (χ1n) is 5.70. The predicted octanol–water partition coefficient (Wildman–Crippen LogP) is 3.17. The Balaban J connectivity index is 0.00000324. The van der Waals surface area contributed by atoms with Crippen molar-refractivity contribution in [3.05, 3.63) is 35.4 Å². The number of ether oxygens (including phenoxy) is 1. The van der Waals surface area contributed by atoms with E-state index in [0.29, 0.717) is 5.56 Å². The van der Waals surface area contributed by atoms with Crippen LogP contribution in [-0.2, 0) is 15.5 Å². The zero-order chi connectivity index (χ0) is 13.9. The summed E-state index contributed by atoms with van der Waals surface area (Å²) in [5.74, 6) is -5.20. The van der Waals surface area contributed by atoms with Gasteiger partial charge in [0, 0.05) is 11.6 Å². The number of halogens is 3. The van der Waals surface area contributed by atoms with E-state index in [2.05, 4.69) is 4.74 Å². The van der Waals surface area contributed by atoms with Gasteiger partial charge in [-0.05, 0) is 32.4 Å². The first-order valence-corrected chi connectivity index (χ1v) is 5.70. The van der Waals surface area contributed by atoms with Crippen molar-refractivity contribution in [2.75, 3.05) is 0 Å². The summed E-state index contributed by atoms with van der Waals surface area (Å²) < 4.78 is 32.2. The Labute approximate surface area is 117 Å². The number of hydrogen-bond donors (Lipinski definition) is 1. The molecule has 2 N–H and O–H groups in total. The summed E-state index contributed by atoms with van der Waals surface area (Å²) in [6.07, 6.45) is -0.583. The third kappa shape index (κ3) is 4.44. The van der Waals surface area contributed by atoms with Crippen molar-refractivity contribution in [2.45, 2.75) is 38.8 Å². The molecule has 0 saturated heterocycles. The Kier molecular flexibility index (Phi) is 6.39. The molecule has 3 nitrogen and oxygen atoms in total. The number of nitrogens with two attached hydrogens (primary N) is 1. The van der Waals surface area contributed by atoms with E-state index < -0.39 is 23.6 Å². The van der Waals surface area contributed by atoms with Crippen LogP contribution in [0.4, 0.5) is 8.78 Å². The maximum atomic E-state index is 13.8. The van der Waals surface area contributed by atoms with Gasteiger partial charge in [0.05, 0.1) is 6.10 Å². The Bertz CT molecular complexity index is 436. The van der Waals surface area contributed by atoms with Crippen molar-refractivity contribution >= 4 is 18.4 Å². The number of carbonyl (C=O) groups is 1. The molecule has 0 saturated carbocycles. The van der Waals surface area contributed by atoms with Crippen LogP contribution in [0.5, 0.6) is 0 Å². The van der Waals surface area contributed by atoms with Gasteiger partial charge in [-0.15, -0.1) is 12.4 Å². The van der Waals surface area contributed by atoms with E-state index in [1.807, 2.05) is 0 Å².